The first-order valence-electron chi connectivity index (χ1n) is 35.6. The van der Waals surface area contributed by atoms with Crippen molar-refractivity contribution in [2.24, 2.45) is 5.41 Å². The van der Waals surface area contributed by atoms with E-state index >= 15 is 0 Å². The number of rotatable bonds is 36. The molecule has 0 aromatic heterocycles. The SMILES string of the molecule is CC(C)(C)OC(=O)NCC(CNC(=O)OC(C)(C)C)OC(=O)NCC(=O)OCC(COC(=O)CNC(=O)OC(CNC(=O)OC(C)(C)C)CNC(=O)OC(C)(C)C)(COC(=O)CNC(=O)OC(CNC(=O)OC(C)(C)C)CNC(=O)OC(C)(C)C)COC(=O)CNC(=O)OC(CNC(=O)OC(C)(C)C)CNC(=O)OC(C)(C)C. The summed E-state index contributed by atoms with van der Waals surface area (Å²) in [4.78, 5) is 209. The van der Waals surface area contributed by atoms with E-state index in [2.05, 4.69) is 63.8 Å². The molecule has 0 saturated heterocycles. The van der Waals surface area contributed by atoms with Gasteiger partial charge in [0.1, 0.15) is 127 Å². The van der Waals surface area contributed by atoms with Crippen LogP contribution in [0.5, 0.6) is 0 Å². The lowest BCUT2D eigenvalue weighted by Crippen LogP contribution is -2.48. The zero-order valence-electron chi connectivity index (χ0n) is 69.2. The fourth-order valence-corrected chi connectivity index (χ4v) is 7.45. The van der Waals surface area contributed by atoms with Gasteiger partial charge < -0.3 is 140 Å². The molecule has 0 aliphatic heterocycles. The largest absolute Gasteiger partial charge is 0.463 e. The maximum atomic E-state index is 13.7. The molecule has 0 spiro atoms. The number of ether oxygens (including phenoxy) is 16. The summed E-state index contributed by atoms with van der Waals surface area (Å²) in [6.45, 7) is 25.2. The second kappa shape index (κ2) is 46.8. The van der Waals surface area contributed by atoms with Crippen LogP contribution in [0.2, 0.25) is 0 Å². The van der Waals surface area contributed by atoms with Gasteiger partial charge in [0, 0.05) is 0 Å². The van der Waals surface area contributed by atoms with Crippen LogP contribution in [0.25, 0.3) is 0 Å². The van der Waals surface area contributed by atoms with Crippen molar-refractivity contribution in [1.82, 2.24) is 63.8 Å². The van der Waals surface area contributed by atoms with Gasteiger partial charge in [0.15, 0.2) is 0 Å². The highest BCUT2D eigenvalue weighted by Gasteiger charge is 2.39. The zero-order valence-corrected chi connectivity index (χ0v) is 69.2. The Morgan fingerprint density at radius 1 is 0.195 bits per heavy atom. The van der Waals surface area contributed by atoms with Crippen LogP contribution in [-0.2, 0) is 95.0 Å². The molecule has 0 fully saturated rings. The van der Waals surface area contributed by atoms with E-state index in [4.69, 9.17) is 75.8 Å². The third-order valence-corrected chi connectivity index (χ3v) is 11.7. The van der Waals surface area contributed by atoms with Crippen molar-refractivity contribution in [3.8, 4) is 0 Å². The molecule has 44 nitrogen and oxygen atoms in total. The molecule has 0 saturated carbocycles. The summed E-state index contributed by atoms with van der Waals surface area (Å²) in [6.07, 6.45) is -18.5. The minimum absolute atomic E-state index is 0.477. The minimum atomic E-state index is -2.33. The van der Waals surface area contributed by atoms with Crippen LogP contribution in [-0.4, -0.2) is 271 Å². The Kier molecular flexibility index (Phi) is 42.3. The van der Waals surface area contributed by atoms with Crippen molar-refractivity contribution in [2.75, 3.05) is 105 Å². The molecule has 0 unspecified atom stereocenters. The molecule has 0 aromatic rings. The summed E-state index contributed by atoms with van der Waals surface area (Å²) in [5.74, 6) is -5.41. The highest BCUT2D eigenvalue weighted by molar-refractivity contribution is 5.81. The summed E-state index contributed by atoms with van der Waals surface area (Å²) in [6, 6.07) is 0. The summed E-state index contributed by atoms with van der Waals surface area (Å²) >= 11 is 0. The molecule has 0 aliphatic rings. The third-order valence-electron chi connectivity index (χ3n) is 11.7. The first kappa shape index (κ1) is 102. The molecule has 12 amide bonds. The predicted octanol–water partition coefficient (Wildman–Crippen LogP) is 4.72. The highest BCUT2D eigenvalue weighted by atomic mass is 16.6. The lowest BCUT2D eigenvalue weighted by atomic mass is 9.92. The molecule has 0 aromatic carbocycles. The van der Waals surface area contributed by atoms with Crippen LogP contribution >= 0.6 is 0 Å². The Bertz CT molecular complexity index is 2630. The zero-order chi connectivity index (χ0) is 87.2. The third kappa shape index (κ3) is 59.6. The second-order valence-corrected chi connectivity index (χ2v) is 32.7. The number of carbonyl (C=O) groups excluding carboxylic acids is 16. The van der Waals surface area contributed by atoms with Gasteiger partial charge in [-0.15, -0.1) is 0 Å². The maximum Gasteiger partial charge on any atom is 0.408 e. The minimum Gasteiger partial charge on any atom is -0.463 e. The topological polar surface area (TPSA) is 565 Å². The molecule has 0 radical (unpaired) electrons. The maximum absolute atomic E-state index is 13.7. The molecular weight excluding hydrogens is 1510 g/mol. The van der Waals surface area contributed by atoms with Crippen molar-refractivity contribution in [3.63, 3.8) is 0 Å². The molecule has 0 atom stereocenters. The number of amides is 12. The summed E-state index contributed by atoms with van der Waals surface area (Å²) in [7, 11) is 0. The van der Waals surface area contributed by atoms with Gasteiger partial charge in [-0.05, 0) is 166 Å². The number of nitrogens with one attached hydrogen (secondary N) is 12. The van der Waals surface area contributed by atoms with Crippen molar-refractivity contribution in [2.45, 2.75) is 235 Å². The van der Waals surface area contributed by atoms with Crippen LogP contribution < -0.4 is 63.8 Å². The first-order chi connectivity index (χ1) is 51.4. The van der Waals surface area contributed by atoms with E-state index in [0.29, 0.717) is 0 Å². The first-order valence-corrected chi connectivity index (χ1v) is 35.6. The number of hydrogen-bond acceptors (Lipinski definition) is 32. The fraction of sp³-hybridized carbons (Fsp3) is 0.768. The average molecular weight is 1630 g/mol. The summed E-state index contributed by atoms with van der Waals surface area (Å²) in [5.41, 5.74) is -10.0. The van der Waals surface area contributed by atoms with Crippen LogP contribution in [0.3, 0.4) is 0 Å². The lowest BCUT2D eigenvalue weighted by molar-refractivity contribution is -0.169. The van der Waals surface area contributed by atoms with Crippen LogP contribution in [0, 0.1) is 5.41 Å². The Morgan fingerprint density at radius 2 is 0.319 bits per heavy atom. The number of carbonyl (C=O) groups is 16. The Morgan fingerprint density at radius 3 is 0.434 bits per heavy atom. The van der Waals surface area contributed by atoms with Gasteiger partial charge in [-0.3, -0.25) is 19.2 Å². The normalized spacial score (nSPS) is 11.9. The molecule has 113 heavy (non-hydrogen) atoms. The molecule has 44 heteroatoms. The van der Waals surface area contributed by atoms with E-state index in [9.17, 15) is 76.7 Å². The monoisotopic (exact) mass is 1630 g/mol. The fourth-order valence-electron chi connectivity index (χ4n) is 7.45. The molecule has 0 bridgehead atoms. The average Bonchev–Trinajstić information content (AvgIpc) is 0.840. The van der Waals surface area contributed by atoms with Gasteiger partial charge in [-0.25, -0.2) is 57.5 Å². The van der Waals surface area contributed by atoms with Crippen molar-refractivity contribution in [3.05, 3.63) is 0 Å². The molecule has 0 rings (SSSR count). The van der Waals surface area contributed by atoms with E-state index in [0.717, 1.165) is 0 Å². The Hall–Kier alpha value is -10.9. The molecule has 0 heterocycles. The molecule has 0 aliphatic carbocycles. The Balaban J connectivity index is 7.66. The van der Waals surface area contributed by atoms with Crippen molar-refractivity contribution in [1.29, 1.82) is 0 Å². The second-order valence-electron chi connectivity index (χ2n) is 32.7. The van der Waals surface area contributed by atoms with E-state index < -0.39 is 277 Å². The van der Waals surface area contributed by atoms with Gasteiger partial charge in [0.25, 0.3) is 0 Å². The summed E-state index contributed by atoms with van der Waals surface area (Å²) in [5, 5.41) is 27.5. The number of esters is 4. The van der Waals surface area contributed by atoms with Crippen molar-refractivity contribution >= 4 is 97.0 Å². The van der Waals surface area contributed by atoms with Gasteiger partial charge in [0.05, 0.1) is 52.4 Å². The molecule has 12 N–H and O–H groups in total. The van der Waals surface area contributed by atoms with Crippen molar-refractivity contribution < 1.29 is 153 Å². The van der Waals surface area contributed by atoms with Crippen LogP contribution in [0.1, 0.15) is 166 Å². The predicted molar refractivity (Wildman–Crippen MR) is 393 cm³/mol. The van der Waals surface area contributed by atoms with Gasteiger partial charge in [-0.1, -0.05) is 0 Å². The van der Waals surface area contributed by atoms with E-state index in [1.54, 1.807) is 166 Å². The molecular formula is C69H120N12O32. The van der Waals surface area contributed by atoms with E-state index in [1.165, 1.54) is 0 Å². The van der Waals surface area contributed by atoms with E-state index in [-0.39, 0.29) is 0 Å². The van der Waals surface area contributed by atoms with Crippen LogP contribution in [0.4, 0.5) is 57.5 Å². The number of hydrogen-bond donors (Lipinski definition) is 12. The van der Waals surface area contributed by atoms with Crippen LogP contribution in [0.15, 0.2) is 0 Å². The summed E-state index contributed by atoms with van der Waals surface area (Å²) < 4.78 is 85.5. The quantitative estimate of drug-likeness (QED) is 0.0298. The van der Waals surface area contributed by atoms with Gasteiger partial charge in [-0.2, -0.15) is 0 Å². The molecule has 648 valence electrons. The highest BCUT2D eigenvalue weighted by Crippen LogP contribution is 2.22. The van der Waals surface area contributed by atoms with Gasteiger partial charge in [0.2, 0.25) is 0 Å². The number of alkyl carbamates (subject to hydrolysis) is 12. The smallest absolute Gasteiger partial charge is 0.408 e. The Labute approximate surface area is 657 Å². The lowest BCUT2D eigenvalue weighted by Gasteiger charge is -2.31. The standard InChI is InChI=1S/C69H120N12O32/c1-61(2,3)106-53(90)70-25-41(26-71-54(91)107-62(4,5)6)102-49(86)78-33-45(82)98-37-69(38-99-46(83)34-79-50(87)103-42(27-72-55(92)108-63(7,8)9)28-73-56(93)109-64(10,11)12,39-100-47(84)35-80-51(88)104-43(29-74-57(94)110-65(13,14)15)30-75-58(95)111-66(16,17)18)40-101-48(85)36-81-52(89)105-44(31-76-59(96)112-67(19,20)21)32-77-60(97)113-68(22,23)24/h41-44H,25-40H2,1-24H3,(H,70,90)(H,71,91)(H,72,92)(H,73,93)(H,74,94)(H,75,95)(H,76,96)(H,77,97)(H,78,86)(H,79,87)(H,80,88)(H,81,89). The van der Waals surface area contributed by atoms with E-state index in [1.807, 2.05) is 0 Å². The van der Waals surface area contributed by atoms with Gasteiger partial charge >= 0.3 is 97.0 Å².